The third-order valence-electron chi connectivity index (χ3n) is 2.92. The zero-order valence-corrected chi connectivity index (χ0v) is 9.09. The monoisotopic (exact) mass is 189 g/mol. The van der Waals surface area contributed by atoms with E-state index in [0.29, 0.717) is 6.04 Å². The summed E-state index contributed by atoms with van der Waals surface area (Å²) >= 11 is 0. The van der Waals surface area contributed by atoms with Crippen LogP contribution in [0.2, 0.25) is 0 Å². The Morgan fingerprint density at radius 3 is 2.93 bits per heavy atom. The van der Waals surface area contributed by atoms with E-state index in [0.717, 1.165) is 12.5 Å². The molecule has 2 rings (SSSR count). The lowest BCUT2D eigenvalue weighted by Gasteiger charge is -2.28. The highest BCUT2D eigenvalue weighted by atomic mass is 14.9. The number of hydrogen-bond donors (Lipinski definition) is 1. The first-order valence-electron chi connectivity index (χ1n) is 5.58. The van der Waals surface area contributed by atoms with Crippen LogP contribution in [0, 0.1) is 5.92 Å². The van der Waals surface area contributed by atoms with E-state index < -0.39 is 0 Å². The third kappa shape index (κ3) is 1.98. The number of nitrogens with one attached hydrogen (secondary N) is 1. The van der Waals surface area contributed by atoms with Crippen LogP contribution < -0.4 is 5.32 Å². The van der Waals surface area contributed by atoms with Crippen molar-refractivity contribution in [2.45, 2.75) is 32.7 Å². The van der Waals surface area contributed by atoms with E-state index in [1.807, 2.05) is 0 Å². The molecule has 1 N–H and O–H groups in total. The summed E-state index contributed by atoms with van der Waals surface area (Å²) in [7, 11) is 0. The van der Waals surface area contributed by atoms with Crippen molar-refractivity contribution in [2.24, 2.45) is 5.92 Å². The zero-order chi connectivity index (χ0) is 9.97. The van der Waals surface area contributed by atoms with Crippen LogP contribution in [0.4, 0.5) is 0 Å². The van der Waals surface area contributed by atoms with E-state index in [1.54, 1.807) is 0 Å². The van der Waals surface area contributed by atoms with Crippen molar-refractivity contribution >= 4 is 0 Å². The SMILES string of the molecule is CC(C)C[C@H]1NCCc2ccccc21. The quantitative estimate of drug-likeness (QED) is 0.754. The number of benzene rings is 1. The minimum absolute atomic E-state index is 0.583. The Hall–Kier alpha value is -0.820. The Morgan fingerprint density at radius 1 is 1.36 bits per heavy atom. The summed E-state index contributed by atoms with van der Waals surface area (Å²) in [5, 5.41) is 3.61. The number of hydrogen-bond acceptors (Lipinski definition) is 1. The molecule has 1 atom stereocenters. The molecule has 0 fully saturated rings. The normalized spacial score (nSPS) is 20.9. The second kappa shape index (κ2) is 4.14. The average molecular weight is 189 g/mol. The molecule has 0 spiro atoms. The second-order valence-electron chi connectivity index (χ2n) is 4.59. The minimum atomic E-state index is 0.583. The molecule has 1 aliphatic heterocycles. The predicted octanol–water partition coefficient (Wildman–Crippen LogP) is 2.92. The average Bonchev–Trinajstić information content (AvgIpc) is 2.18. The van der Waals surface area contributed by atoms with Crippen LogP contribution in [0.3, 0.4) is 0 Å². The summed E-state index contributed by atoms with van der Waals surface area (Å²) in [6, 6.07) is 9.42. The summed E-state index contributed by atoms with van der Waals surface area (Å²) in [5.74, 6) is 0.763. The van der Waals surface area contributed by atoms with Crippen molar-refractivity contribution in [3.8, 4) is 0 Å². The first-order chi connectivity index (χ1) is 6.77. The summed E-state index contributed by atoms with van der Waals surface area (Å²) < 4.78 is 0. The van der Waals surface area contributed by atoms with Crippen LogP contribution in [0.1, 0.15) is 37.4 Å². The Labute approximate surface area is 86.5 Å². The molecule has 0 saturated carbocycles. The molecule has 14 heavy (non-hydrogen) atoms. The molecule has 76 valence electrons. The molecular formula is C13H19N. The maximum absolute atomic E-state index is 3.61. The van der Waals surface area contributed by atoms with Gasteiger partial charge in [-0.25, -0.2) is 0 Å². The molecule has 0 aromatic heterocycles. The zero-order valence-electron chi connectivity index (χ0n) is 9.09. The third-order valence-corrected chi connectivity index (χ3v) is 2.92. The Kier molecular flexibility index (Phi) is 2.87. The fourth-order valence-electron chi connectivity index (χ4n) is 2.27. The molecule has 1 nitrogen and oxygen atoms in total. The van der Waals surface area contributed by atoms with Gasteiger partial charge in [0.05, 0.1) is 0 Å². The van der Waals surface area contributed by atoms with E-state index in [4.69, 9.17) is 0 Å². The predicted molar refractivity (Wildman–Crippen MR) is 60.3 cm³/mol. The summed E-state index contributed by atoms with van der Waals surface area (Å²) in [6.07, 6.45) is 2.43. The lowest BCUT2D eigenvalue weighted by Crippen LogP contribution is -2.30. The Morgan fingerprint density at radius 2 is 2.14 bits per heavy atom. The lowest BCUT2D eigenvalue weighted by atomic mass is 9.89. The van der Waals surface area contributed by atoms with Crippen LogP contribution in [0.25, 0.3) is 0 Å². The topological polar surface area (TPSA) is 12.0 Å². The first kappa shape index (κ1) is 9.72. The molecule has 1 aromatic rings. The summed E-state index contributed by atoms with van der Waals surface area (Å²) in [5.41, 5.74) is 3.06. The molecule has 0 saturated heterocycles. The van der Waals surface area contributed by atoms with Gasteiger partial charge in [-0.3, -0.25) is 0 Å². The maximum Gasteiger partial charge on any atom is 0.0325 e. The summed E-state index contributed by atoms with van der Waals surface area (Å²) in [4.78, 5) is 0. The van der Waals surface area contributed by atoms with Gasteiger partial charge in [0, 0.05) is 6.04 Å². The van der Waals surface area contributed by atoms with Gasteiger partial charge in [0.1, 0.15) is 0 Å². The lowest BCUT2D eigenvalue weighted by molar-refractivity contribution is 0.414. The smallest absolute Gasteiger partial charge is 0.0325 e. The van der Waals surface area contributed by atoms with Crippen LogP contribution in [0.15, 0.2) is 24.3 Å². The van der Waals surface area contributed by atoms with Crippen LogP contribution in [-0.4, -0.2) is 6.54 Å². The highest BCUT2D eigenvalue weighted by Gasteiger charge is 2.19. The van der Waals surface area contributed by atoms with Gasteiger partial charge in [0.2, 0.25) is 0 Å². The molecule has 1 aromatic carbocycles. The van der Waals surface area contributed by atoms with Crippen LogP contribution >= 0.6 is 0 Å². The van der Waals surface area contributed by atoms with Crippen molar-refractivity contribution < 1.29 is 0 Å². The molecule has 1 aliphatic rings. The molecule has 0 bridgehead atoms. The van der Waals surface area contributed by atoms with Gasteiger partial charge in [0.25, 0.3) is 0 Å². The van der Waals surface area contributed by atoms with Gasteiger partial charge in [0.15, 0.2) is 0 Å². The van der Waals surface area contributed by atoms with E-state index in [2.05, 4.69) is 43.4 Å². The second-order valence-corrected chi connectivity index (χ2v) is 4.59. The summed E-state index contributed by atoms with van der Waals surface area (Å²) in [6.45, 7) is 5.71. The molecule has 0 aliphatic carbocycles. The van der Waals surface area contributed by atoms with Crippen LogP contribution in [0.5, 0.6) is 0 Å². The van der Waals surface area contributed by atoms with Gasteiger partial charge in [-0.05, 0) is 36.4 Å². The van der Waals surface area contributed by atoms with Gasteiger partial charge in [-0.15, -0.1) is 0 Å². The van der Waals surface area contributed by atoms with Crippen molar-refractivity contribution in [1.82, 2.24) is 5.32 Å². The van der Waals surface area contributed by atoms with Gasteiger partial charge >= 0.3 is 0 Å². The minimum Gasteiger partial charge on any atom is -0.310 e. The molecular weight excluding hydrogens is 170 g/mol. The highest BCUT2D eigenvalue weighted by molar-refractivity contribution is 5.32. The van der Waals surface area contributed by atoms with E-state index in [9.17, 15) is 0 Å². The Balaban J connectivity index is 2.22. The molecule has 1 heterocycles. The molecule has 0 radical (unpaired) electrons. The molecule has 0 amide bonds. The number of rotatable bonds is 2. The largest absolute Gasteiger partial charge is 0.310 e. The van der Waals surface area contributed by atoms with Crippen molar-refractivity contribution in [3.63, 3.8) is 0 Å². The van der Waals surface area contributed by atoms with Crippen molar-refractivity contribution in [3.05, 3.63) is 35.4 Å². The number of fused-ring (bicyclic) bond motifs is 1. The van der Waals surface area contributed by atoms with Crippen molar-refractivity contribution in [1.29, 1.82) is 0 Å². The first-order valence-corrected chi connectivity index (χ1v) is 5.58. The fraction of sp³-hybridized carbons (Fsp3) is 0.538. The van der Waals surface area contributed by atoms with E-state index >= 15 is 0 Å². The standard InChI is InChI=1S/C13H19N/c1-10(2)9-13-12-6-4-3-5-11(12)7-8-14-13/h3-6,10,13-14H,7-9H2,1-2H3/t13-/m1/s1. The fourth-order valence-corrected chi connectivity index (χ4v) is 2.27. The highest BCUT2D eigenvalue weighted by Crippen LogP contribution is 2.27. The van der Waals surface area contributed by atoms with E-state index in [1.165, 1.54) is 24.0 Å². The van der Waals surface area contributed by atoms with Gasteiger partial charge < -0.3 is 5.32 Å². The van der Waals surface area contributed by atoms with Gasteiger partial charge in [-0.1, -0.05) is 38.1 Å². The van der Waals surface area contributed by atoms with Crippen LogP contribution in [-0.2, 0) is 6.42 Å². The maximum atomic E-state index is 3.61. The molecule has 1 heteroatoms. The van der Waals surface area contributed by atoms with Gasteiger partial charge in [-0.2, -0.15) is 0 Å². The molecule has 0 unspecified atom stereocenters. The van der Waals surface area contributed by atoms with Crippen molar-refractivity contribution in [2.75, 3.05) is 6.54 Å². The van der Waals surface area contributed by atoms with E-state index in [-0.39, 0.29) is 0 Å². The Bertz CT molecular complexity index is 304.